The monoisotopic (exact) mass is 595 g/mol. The van der Waals surface area contributed by atoms with E-state index in [-0.39, 0.29) is 7.43 Å². The Bertz CT molecular complexity index is 1250. The Balaban J connectivity index is 0.000000804. The Labute approximate surface area is 246 Å². The molecular weight excluding hydrogens is 561 g/mol. The second kappa shape index (κ2) is 12.6. The summed E-state index contributed by atoms with van der Waals surface area (Å²) in [5.41, 5.74) is 8.07. The number of dihydropyridines is 1. The van der Waals surface area contributed by atoms with Gasteiger partial charge in [0.15, 0.2) is 8.24 Å². The summed E-state index contributed by atoms with van der Waals surface area (Å²) >= 11 is -0.556. The number of aliphatic imine (C=N–C) groups is 1. The van der Waals surface area contributed by atoms with Crippen LogP contribution in [0.2, 0.25) is 18.6 Å². The van der Waals surface area contributed by atoms with Gasteiger partial charge in [0.05, 0.1) is 6.04 Å². The van der Waals surface area contributed by atoms with Crippen LogP contribution in [-0.2, 0) is 17.0 Å². The van der Waals surface area contributed by atoms with Gasteiger partial charge in [0.1, 0.15) is 0 Å². The molecule has 3 aromatic rings. The van der Waals surface area contributed by atoms with Gasteiger partial charge < -0.3 is 17.3 Å². The number of para-hydroxylation sites is 4. The first-order valence-electron chi connectivity index (χ1n) is 13.0. The number of hydrogen-bond donors (Lipinski definition) is 0. The average molecular weight is 597 g/mol. The van der Waals surface area contributed by atoms with Gasteiger partial charge in [-0.15, -0.1) is 11.4 Å². The van der Waals surface area contributed by atoms with Crippen LogP contribution in [0.1, 0.15) is 25.3 Å². The predicted molar refractivity (Wildman–Crippen MR) is 166 cm³/mol. The van der Waals surface area contributed by atoms with E-state index < -0.39 is 25.3 Å². The molecule has 7 heteroatoms. The Kier molecular flexibility index (Phi) is 9.65. The molecule has 1 unspecified atom stereocenters. The van der Waals surface area contributed by atoms with Crippen molar-refractivity contribution in [2.75, 3.05) is 4.57 Å². The van der Waals surface area contributed by atoms with Gasteiger partial charge in [-0.3, -0.25) is 4.99 Å². The fourth-order valence-corrected chi connectivity index (χ4v) is 11.5. The van der Waals surface area contributed by atoms with Gasteiger partial charge in [-0.25, -0.2) is 0 Å². The second-order valence-electron chi connectivity index (χ2n) is 10.5. The Hall–Kier alpha value is -1.82. The van der Waals surface area contributed by atoms with Crippen molar-refractivity contribution in [3.63, 3.8) is 0 Å². The minimum atomic E-state index is -2.06. The molecule has 1 aliphatic carbocycles. The van der Waals surface area contributed by atoms with E-state index in [0.717, 1.165) is 11.4 Å². The molecule has 0 amide bonds. The summed E-state index contributed by atoms with van der Waals surface area (Å²) in [6, 6.07) is 28.6. The van der Waals surface area contributed by atoms with Gasteiger partial charge in [-0.2, -0.15) is 0 Å². The average Bonchev–Trinajstić information content (AvgIpc) is 3.32. The number of nitrogens with zero attached hydrogens (tertiary/aromatic N) is 3. The van der Waals surface area contributed by atoms with E-state index in [1.54, 1.807) is 0 Å². The molecular formula is C31H35Cl2N3SiTi-2. The van der Waals surface area contributed by atoms with E-state index in [1.807, 2.05) is 0 Å². The molecule has 198 valence electrons. The molecule has 0 saturated heterocycles. The zero-order chi connectivity index (χ0) is 26.0. The fourth-order valence-electron chi connectivity index (χ4n) is 6.88. The van der Waals surface area contributed by atoms with E-state index in [4.69, 9.17) is 28.9 Å². The van der Waals surface area contributed by atoms with Gasteiger partial charge in [-0.05, 0) is 47.2 Å². The molecule has 3 nitrogen and oxygen atoms in total. The molecule has 2 aliphatic heterocycles. The summed E-state index contributed by atoms with van der Waals surface area (Å²) < 4.78 is 2.70. The molecule has 4 atom stereocenters. The van der Waals surface area contributed by atoms with E-state index in [0.29, 0.717) is 23.4 Å². The molecule has 2 heterocycles. The number of fused-ring (bicyclic) bond motifs is 3. The van der Waals surface area contributed by atoms with Gasteiger partial charge in [-0.1, -0.05) is 93.2 Å². The van der Waals surface area contributed by atoms with Crippen molar-refractivity contribution >= 4 is 61.4 Å². The van der Waals surface area contributed by atoms with Crippen LogP contribution in [0.25, 0.3) is 10.9 Å². The Morgan fingerprint density at radius 2 is 1.47 bits per heavy atom. The van der Waals surface area contributed by atoms with Gasteiger partial charge in [0, 0.05) is 23.5 Å². The molecule has 0 spiro atoms. The third-order valence-electron chi connectivity index (χ3n) is 8.27. The molecule has 3 aliphatic rings. The summed E-state index contributed by atoms with van der Waals surface area (Å²) in [7, 11) is 7.72. The normalized spacial score (nSPS) is 22.9. The molecule has 1 saturated carbocycles. The van der Waals surface area contributed by atoms with Crippen molar-refractivity contribution in [1.82, 2.24) is 0 Å². The quantitative estimate of drug-likeness (QED) is 0.218. The summed E-state index contributed by atoms with van der Waals surface area (Å²) in [6.07, 6.45) is 6.78. The summed E-state index contributed by atoms with van der Waals surface area (Å²) in [5, 5.41) is 5.01. The van der Waals surface area contributed by atoms with Crippen LogP contribution < -0.4 is 4.57 Å². The minimum absolute atomic E-state index is 0. The first-order valence-corrected chi connectivity index (χ1v) is 20.3. The molecule has 0 bridgehead atoms. The maximum absolute atomic E-state index is 5.20. The Morgan fingerprint density at radius 1 is 0.921 bits per heavy atom. The van der Waals surface area contributed by atoms with Crippen LogP contribution in [0.4, 0.5) is 22.7 Å². The summed E-state index contributed by atoms with van der Waals surface area (Å²) in [6.45, 7) is 7.51. The van der Waals surface area contributed by atoms with E-state index in [2.05, 4.69) is 116 Å². The zero-order valence-electron chi connectivity index (χ0n) is 22.5. The third-order valence-corrected chi connectivity index (χ3v) is 12.3. The maximum atomic E-state index is 5.20. The standard InChI is InChI=1S/C30H32N3Si.CH3.2ClH.Ti/c1-4-21-20-24-23(22-12-6-5-7-13-22)18-19-31-29(24)30(21)34(2,3)33-27-16-10-8-14-25(27)32-26-15-9-11-17-28(26)33;;;;/h5-19,21,24,29-30H,4,20H2,1-3H3;1H3;2*1H;/q2*-1;;;+2/p-2/t21-,24-,29+,30?;;;;/m1..../s1. The molecule has 6 rings (SSSR count). The molecule has 0 aromatic heterocycles. The van der Waals surface area contributed by atoms with Crippen LogP contribution in [-0.4, -0.2) is 20.5 Å². The number of halogens is 2. The molecule has 38 heavy (non-hydrogen) atoms. The number of anilines is 2. The van der Waals surface area contributed by atoms with Crippen LogP contribution in [0.5, 0.6) is 0 Å². The molecule has 0 radical (unpaired) electrons. The van der Waals surface area contributed by atoms with Gasteiger partial charge >= 0.3 is 35.6 Å². The van der Waals surface area contributed by atoms with Crippen molar-refractivity contribution in [2.24, 2.45) is 16.8 Å². The van der Waals surface area contributed by atoms with Gasteiger partial charge in [0.25, 0.3) is 0 Å². The SMILES string of the molecule is CC[C@@H]1C[C@@H]2C(c3ccccc3)=CC=N[C@@H]2C1[Si](C)(C)N1c2ccccc2[N-]c2ccccc21.[CH3-].[Cl][Ti][Cl]. The number of hydrogen-bond acceptors (Lipinski definition) is 2. The first-order chi connectivity index (χ1) is 18.0. The van der Waals surface area contributed by atoms with Crippen molar-refractivity contribution in [3.8, 4) is 0 Å². The fraction of sp³-hybridized carbons (Fsp3) is 0.290. The number of rotatable bonds is 4. The van der Waals surface area contributed by atoms with E-state index >= 15 is 0 Å². The van der Waals surface area contributed by atoms with Crippen molar-refractivity contribution in [1.29, 1.82) is 0 Å². The summed E-state index contributed by atoms with van der Waals surface area (Å²) in [5.74, 6) is 1.16. The van der Waals surface area contributed by atoms with Crippen LogP contribution in [0.15, 0.2) is 89.9 Å². The van der Waals surface area contributed by atoms with Crippen molar-refractivity contribution in [3.05, 3.63) is 103 Å². The second-order valence-corrected chi connectivity index (χ2v) is 17.5. The molecule has 3 aromatic carbocycles. The Morgan fingerprint density at radius 3 is 2.05 bits per heavy atom. The number of benzene rings is 3. The van der Waals surface area contributed by atoms with Crippen molar-refractivity contribution in [2.45, 2.75) is 44.4 Å². The van der Waals surface area contributed by atoms with Gasteiger partial charge in [0.2, 0.25) is 0 Å². The topological polar surface area (TPSA) is 29.7 Å². The zero-order valence-corrected chi connectivity index (χ0v) is 26.6. The van der Waals surface area contributed by atoms with Crippen LogP contribution in [0, 0.1) is 19.3 Å². The van der Waals surface area contributed by atoms with Crippen LogP contribution in [0.3, 0.4) is 0 Å². The predicted octanol–water partition coefficient (Wildman–Crippen LogP) is 10.5. The summed E-state index contributed by atoms with van der Waals surface area (Å²) in [4.78, 5) is 5.20. The van der Waals surface area contributed by atoms with E-state index in [9.17, 15) is 0 Å². The van der Waals surface area contributed by atoms with Crippen molar-refractivity contribution < 1.29 is 17.0 Å². The first kappa shape index (κ1) is 29.2. The third kappa shape index (κ3) is 5.31. The number of allylic oxidation sites excluding steroid dienone is 1. The van der Waals surface area contributed by atoms with E-state index in [1.165, 1.54) is 35.4 Å². The van der Waals surface area contributed by atoms with Crippen LogP contribution >= 0.6 is 18.6 Å². The molecule has 1 fully saturated rings. The molecule has 0 N–H and O–H groups in total.